The number of piperazine rings is 1. The number of halogens is 1. The maximum Gasteiger partial charge on any atom is 0.253 e. The predicted molar refractivity (Wildman–Crippen MR) is 141 cm³/mol. The highest BCUT2D eigenvalue weighted by Crippen LogP contribution is 2.30. The van der Waals surface area contributed by atoms with Gasteiger partial charge in [0.25, 0.3) is 5.91 Å². The number of amides is 1. The Labute approximate surface area is 215 Å². The molecule has 0 bridgehead atoms. The molecule has 4 aromatic rings. The Morgan fingerprint density at radius 2 is 1.70 bits per heavy atom. The molecule has 0 radical (unpaired) electrons. The number of nitrogens with zero attached hydrogens (tertiary/aromatic N) is 6. The molecular weight excluding hydrogens is 471 g/mol. The summed E-state index contributed by atoms with van der Waals surface area (Å²) in [6.45, 7) is 6.58. The third kappa shape index (κ3) is 4.98. The zero-order valence-electron chi connectivity index (χ0n) is 21.4. The lowest BCUT2D eigenvalue weighted by Crippen LogP contribution is -2.49. The number of hydrogen-bond acceptors (Lipinski definition) is 6. The van der Waals surface area contributed by atoms with Crippen LogP contribution >= 0.6 is 0 Å². The maximum absolute atomic E-state index is 13.6. The summed E-state index contributed by atoms with van der Waals surface area (Å²) >= 11 is 0. The lowest BCUT2D eigenvalue weighted by atomic mass is 10.1. The first kappa shape index (κ1) is 24.7. The molecular formula is C28H31FN6O2. The van der Waals surface area contributed by atoms with Crippen molar-refractivity contribution in [3.05, 3.63) is 71.4 Å². The summed E-state index contributed by atoms with van der Waals surface area (Å²) in [5.41, 5.74) is 2.93. The highest BCUT2D eigenvalue weighted by Gasteiger charge is 2.27. The second kappa shape index (κ2) is 10.5. The highest BCUT2D eigenvalue weighted by molar-refractivity contribution is 5.95. The number of aromatic nitrogens is 4. The van der Waals surface area contributed by atoms with Crippen molar-refractivity contribution >= 4 is 22.8 Å². The quantitative estimate of drug-likeness (QED) is 0.368. The van der Waals surface area contributed by atoms with Gasteiger partial charge in [0, 0.05) is 38.2 Å². The smallest absolute Gasteiger partial charge is 0.253 e. The Morgan fingerprint density at radius 3 is 2.35 bits per heavy atom. The number of carbonyl (C=O) groups is 1. The van der Waals surface area contributed by atoms with Crippen molar-refractivity contribution in [2.24, 2.45) is 0 Å². The first-order valence-corrected chi connectivity index (χ1v) is 12.7. The number of aryl methyl sites for hydroxylation is 2. The maximum atomic E-state index is 13.6. The van der Waals surface area contributed by atoms with E-state index in [1.807, 2.05) is 11.8 Å². The molecule has 1 aliphatic heterocycles. The van der Waals surface area contributed by atoms with Crippen molar-refractivity contribution in [2.75, 3.05) is 38.2 Å². The van der Waals surface area contributed by atoms with Crippen LogP contribution in [0.25, 0.3) is 16.7 Å². The van der Waals surface area contributed by atoms with E-state index in [0.717, 1.165) is 59.1 Å². The van der Waals surface area contributed by atoms with Crippen LogP contribution in [0, 0.1) is 12.7 Å². The zero-order chi connectivity index (χ0) is 25.9. The van der Waals surface area contributed by atoms with Crippen LogP contribution in [0.15, 0.2) is 48.5 Å². The minimum atomic E-state index is -0.294. The van der Waals surface area contributed by atoms with Crippen molar-refractivity contribution in [3.63, 3.8) is 0 Å². The van der Waals surface area contributed by atoms with Gasteiger partial charge in [0.15, 0.2) is 5.65 Å². The van der Waals surface area contributed by atoms with E-state index < -0.39 is 0 Å². The molecule has 3 heterocycles. The molecule has 5 rings (SSSR count). The zero-order valence-corrected chi connectivity index (χ0v) is 21.4. The van der Waals surface area contributed by atoms with Crippen molar-refractivity contribution in [3.8, 4) is 11.4 Å². The summed E-state index contributed by atoms with van der Waals surface area (Å²) in [5.74, 6) is 2.06. The van der Waals surface area contributed by atoms with Gasteiger partial charge >= 0.3 is 0 Å². The molecule has 1 amide bonds. The Kier molecular flexibility index (Phi) is 7.03. The number of unbranched alkanes of at least 4 members (excludes halogenated alkanes) is 1. The van der Waals surface area contributed by atoms with Crippen LogP contribution in [-0.4, -0.2) is 63.8 Å². The average Bonchev–Trinajstić information content (AvgIpc) is 3.27. The third-order valence-electron chi connectivity index (χ3n) is 6.76. The molecule has 1 fully saturated rings. The van der Waals surface area contributed by atoms with Gasteiger partial charge in [-0.1, -0.05) is 13.3 Å². The van der Waals surface area contributed by atoms with Crippen molar-refractivity contribution in [1.29, 1.82) is 0 Å². The fourth-order valence-electron chi connectivity index (χ4n) is 4.68. The van der Waals surface area contributed by atoms with Crippen molar-refractivity contribution < 1.29 is 13.9 Å². The molecule has 1 saturated heterocycles. The number of ether oxygens (including phenoxy) is 1. The molecule has 8 nitrogen and oxygen atoms in total. The van der Waals surface area contributed by atoms with Gasteiger partial charge in [-0.05, 0) is 61.9 Å². The van der Waals surface area contributed by atoms with Gasteiger partial charge in [0.1, 0.15) is 23.2 Å². The minimum Gasteiger partial charge on any atom is -0.497 e. The Morgan fingerprint density at radius 1 is 1.00 bits per heavy atom. The Hall–Kier alpha value is -4.01. The lowest BCUT2D eigenvalue weighted by molar-refractivity contribution is 0.0746. The van der Waals surface area contributed by atoms with E-state index >= 15 is 0 Å². The monoisotopic (exact) mass is 502 g/mol. The van der Waals surface area contributed by atoms with Gasteiger partial charge in [-0.15, -0.1) is 0 Å². The van der Waals surface area contributed by atoms with Gasteiger partial charge in [0.05, 0.1) is 23.9 Å². The van der Waals surface area contributed by atoms with E-state index in [-0.39, 0.29) is 11.7 Å². The van der Waals surface area contributed by atoms with Crippen LogP contribution in [0.2, 0.25) is 0 Å². The number of fused-ring (bicyclic) bond motifs is 1. The molecule has 37 heavy (non-hydrogen) atoms. The Balaban J connectivity index is 1.44. The molecule has 2 aromatic carbocycles. The van der Waals surface area contributed by atoms with Crippen LogP contribution in [0.5, 0.6) is 5.75 Å². The third-order valence-corrected chi connectivity index (χ3v) is 6.76. The summed E-state index contributed by atoms with van der Waals surface area (Å²) in [7, 11) is 1.61. The predicted octanol–water partition coefficient (Wildman–Crippen LogP) is 4.58. The van der Waals surface area contributed by atoms with Crippen LogP contribution in [0.4, 0.5) is 10.2 Å². The van der Waals surface area contributed by atoms with Gasteiger partial charge in [-0.25, -0.2) is 19.0 Å². The molecule has 9 heteroatoms. The number of methoxy groups -OCH3 is 1. The number of rotatable bonds is 7. The van der Waals surface area contributed by atoms with Crippen LogP contribution in [-0.2, 0) is 6.42 Å². The van der Waals surface area contributed by atoms with E-state index in [9.17, 15) is 9.18 Å². The van der Waals surface area contributed by atoms with Gasteiger partial charge < -0.3 is 14.5 Å². The molecule has 1 aliphatic rings. The van der Waals surface area contributed by atoms with Crippen molar-refractivity contribution in [1.82, 2.24) is 24.6 Å². The molecule has 0 saturated carbocycles. The fraction of sp³-hybridized carbons (Fsp3) is 0.357. The lowest BCUT2D eigenvalue weighted by Gasteiger charge is -2.36. The average molecular weight is 503 g/mol. The van der Waals surface area contributed by atoms with Gasteiger partial charge in [-0.3, -0.25) is 4.79 Å². The van der Waals surface area contributed by atoms with Crippen LogP contribution in [0.3, 0.4) is 0 Å². The van der Waals surface area contributed by atoms with E-state index in [0.29, 0.717) is 31.7 Å². The molecule has 0 atom stereocenters. The molecule has 2 aromatic heterocycles. The SMILES string of the molecule is CCCCc1nc(N2CCN(C(=O)c3ccc(OC)cc3)CC2)c2c(C)nn(-c3ccc(F)cc3)c2n1. The second-order valence-electron chi connectivity index (χ2n) is 9.25. The normalized spacial score (nSPS) is 13.8. The first-order valence-electron chi connectivity index (χ1n) is 12.7. The summed E-state index contributed by atoms with van der Waals surface area (Å²) in [6.07, 6.45) is 2.79. The number of hydrogen-bond donors (Lipinski definition) is 0. The molecule has 0 aliphatic carbocycles. The van der Waals surface area contributed by atoms with E-state index in [2.05, 4.69) is 11.8 Å². The standard InChI is InChI=1S/C28H31FN6O2/c1-4-5-6-24-30-26(25-19(2)32-35(27(25)31-24)22-11-9-21(29)10-12-22)33-15-17-34(18-16-33)28(36)20-7-13-23(37-3)14-8-20/h7-14H,4-6,15-18H2,1-3H3. The summed E-state index contributed by atoms with van der Waals surface area (Å²) in [6, 6.07) is 13.5. The number of carbonyl (C=O) groups excluding carboxylic acids is 1. The summed E-state index contributed by atoms with van der Waals surface area (Å²) < 4.78 is 20.5. The van der Waals surface area contributed by atoms with Crippen LogP contribution in [0.1, 0.15) is 41.6 Å². The second-order valence-corrected chi connectivity index (χ2v) is 9.25. The molecule has 0 spiro atoms. The molecule has 0 unspecified atom stereocenters. The number of anilines is 1. The topological polar surface area (TPSA) is 76.4 Å². The molecule has 0 N–H and O–H groups in total. The van der Waals surface area contributed by atoms with E-state index in [4.69, 9.17) is 19.8 Å². The van der Waals surface area contributed by atoms with E-state index in [1.54, 1.807) is 48.2 Å². The minimum absolute atomic E-state index is 0.0130. The number of benzene rings is 2. The highest BCUT2D eigenvalue weighted by atomic mass is 19.1. The summed E-state index contributed by atoms with van der Waals surface area (Å²) in [5, 5.41) is 5.64. The van der Waals surface area contributed by atoms with Crippen LogP contribution < -0.4 is 9.64 Å². The Bertz CT molecular complexity index is 1390. The summed E-state index contributed by atoms with van der Waals surface area (Å²) in [4.78, 5) is 27.0. The van der Waals surface area contributed by atoms with Gasteiger partial charge in [-0.2, -0.15) is 5.10 Å². The van der Waals surface area contributed by atoms with Crippen molar-refractivity contribution in [2.45, 2.75) is 33.1 Å². The fourth-order valence-corrected chi connectivity index (χ4v) is 4.68. The van der Waals surface area contributed by atoms with Gasteiger partial charge in [0.2, 0.25) is 0 Å². The first-order chi connectivity index (χ1) is 18.0. The molecule has 192 valence electrons. The largest absolute Gasteiger partial charge is 0.497 e. The van der Waals surface area contributed by atoms with E-state index in [1.165, 1.54) is 12.1 Å².